The van der Waals surface area contributed by atoms with Gasteiger partial charge in [0.1, 0.15) is 0 Å². The number of hydrogen-bond acceptors (Lipinski definition) is 3. The SMILES string of the molecule is CCC(C)C(=O)NS(=O)(=O)C1(C)CC1. The van der Waals surface area contributed by atoms with Crippen molar-refractivity contribution in [3.63, 3.8) is 0 Å². The molecule has 1 N–H and O–H groups in total. The van der Waals surface area contributed by atoms with Crippen LogP contribution in [0.1, 0.15) is 40.0 Å². The van der Waals surface area contributed by atoms with Gasteiger partial charge in [0.15, 0.2) is 0 Å². The van der Waals surface area contributed by atoms with Crippen molar-refractivity contribution in [2.24, 2.45) is 5.92 Å². The zero-order chi connectivity index (χ0) is 11.0. The van der Waals surface area contributed by atoms with E-state index in [1.54, 1.807) is 13.8 Å². The summed E-state index contributed by atoms with van der Waals surface area (Å²) in [5.41, 5.74) is 0. The van der Waals surface area contributed by atoms with E-state index in [2.05, 4.69) is 4.72 Å². The zero-order valence-electron chi connectivity index (χ0n) is 8.83. The highest BCUT2D eigenvalue weighted by Crippen LogP contribution is 2.42. The minimum atomic E-state index is -3.44. The van der Waals surface area contributed by atoms with Gasteiger partial charge in [-0.25, -0.2) is 8.42 Å². The summed E-state index contributed by atoms with van der Waals surface area (Å²) in [5.74, 6) is -0.632. The highest BCUT2D eigenvalue weighted by Gasteiger charge is 2.50. The topological polar surface area (TPSA) is 63.2 Å². The van der Waals surface area contributed by atoms with E-state index >= 15 is 0 Å². The number of hydrogen-bond donors (Lipinski definition) is 1. The largest absolute Gasteiger partial charge is 0.274 e. The van der Waals surface area contributed by atoms with Crippen LogP contribution in [-0.2, 0) is 14.8 Å². The molecule has 0 heterocycles. The van der Waals surface area contributed by atoms with Gasteiger partial charge in [0.2, 0.25) is 15.9 Å². The van der Waals surface area contributed by atoms with E-state index in [1.807, 2.05) is 6.92 Å². The van der Waals surface area contributed by atoms with Crippen molar-refractivity contribution in [3.8, 4) is 0 Å². The molecule has 0 saturated heterocycles. The van der Waals surface area contributed by atoms with Crippen LogP contribution >= 0.6 is 0 Å². The molecule has 0 aromatic heterocycles. The van der Waals surface area contributed by atoms with Gasteiger partial charge in [-0.15, -0.1) is 0 Å². The molecule has 0 spiro atoms. The first-order chi connectivity index (χ1) is 6.32. The van der Waals surface area contributed by atoms with Gasteiger partial charge >= 0.3 is 0 Å². The van der Waals surface area contributed by atoms with Gasteiger partial charge in [-0.05, 0) is 26.2 Å². The lowest BCUT2D eigenvalue weighted by Crippen LogP contribution is -2.40. The molecule has 0 aromatic carbocycles. The number of carbonyl (C=O) groups is 1. The normalized spacial score (nSPS) is 21.4. The van der Waals surface area contributed by atoms with Crippen LogP contribution in [-0.4, -0.2) is 19.1 Å². The summed E-state index contributed by atoms with van der Waals surface area (Å²) >= 11 is 0. The van der Waals surface area contributed by atoms with Crippen molar-refractivity contribution in [1.29, 1.82) is 0 Å². The van der Waals surface area contributed by atoms with Gasteiger partial charge in [-0.3, -0.25) is 9.52 Å². The van der Waals surface area contributed by atoms with Crippen molar-refractivity contribution in [2.75, 3.05) is 0 Å². The van der Waals surface area contributed by atoms with E-state index in [9.17, 15) is 13.2 Å². The Balaban J connectivity index is 2.65. The molecular weight excluding hydrogens is 202 g/mol. The Hall–Kier alpha value is -0.580. The Bertz CT molecular complexity index is 330. The van der Waals surface area contributed by atoms with Crippen LogP contribution in [0.4, 0.5) is 0 Å². The average molecular weight is 219 g/mol. The quantitative estimate of drug-likeness (QED) is 0.768. The van der Waals surface area contributed by atoms with Crippen molar-refractivity contribution in [3.05, 3.63) is 0 Å². The van der Waals surface area contributed by atoms with Crippen LogP contribution in [0.15, 0.2) is 0 Å². The molecule has 1 aliphatic rings. The molecule has 1 fully saturated rings. The fourth-order valence-corrected chi connectivity index (χ4v) is 2.34. The zero-order valence-corrected chi connectivity index (χ0v) is 9.65. The fraction of sp³-hybridized carbons (Fsp3) is 0.889. The second-order valence-corrected chi connectivity index (χ2v) is 6.43. The highest BCUT2D eigenvalue weighted by atomic mass is 32.2. The third-order valence-corrected chi connectivity index (χ3v) is 5.07. The van der Waals surface area contributed by atoms with Gasteiger partial charge < -0.3 is 0 Å². The Kier molecular flexibility index (Phi) is 2.90. The molecule has 0 radical (unpaired) electrons. The first-order valence-corrected chi connectivity index (χ1v) is 6.37. The van der Waals surface area contributed by atoms with E-state index in [-0.39, 0.29) is 11.8 Å². The molecule has 1 amide bonds. The molecular formula is C9H17NO3S. The van der Waals surface area contributed by atoms with E-state index in [4.69, 9.17) is 0 Å². The molecule has 1 atom stereocenters. The summed E-state index contributed by atoms with van der Waals surface area (Å²) in [5, 5.41) is 0. The van der Waals surface area contributed by atoms with Gasteiger partial charge in [-0.1, -0.05) is 13.8 Å². The lowest BCUT2D eigenvalue weighted by Gasteiger charge is -2.14. The molecule has 1 aliphatic carbocycles. The minimum absolute atomic E-state index is 0.243. The Labute approximate surface area is 85.1 Å². The Morgan fingerprint density at radius 3 is 2.36 bits per heavy atom. The van der Waals surface area contributed by atoms with Crippen LogP contribution in [0.3, 0.4) is 0 Å². The Morgan fingerprint density at radius 1 is 1.50 bits per heavy atom. The molecule has 14 heavy (non-hydrogen) atoms. The average Bonchev–Trinajstić information content (AvgIpc) is 2.83. The maximum absolute atomic E-state index is 11.6. The van der Waals surface area contributed by atoms with E-state index < -0.39 is 14.8 Å². The second kappa shape index (κ2) is 3.53. The molecule has 5 heteroatoms. The number of carbonyl (C=O) groups excluding carboxylic acids is 1. The molecule has 1 unspecified atom stereocenters. The smallest absolute Gasteiger partial charge is 0.240 e. The lowest BCUT2D eigenvalue weighted by molar-refractivity contribution is -0.122. The summed E-state index contributed by atoms with van der Waals surface area (Å²) in [4.78, 5) is 11.4. The molecule has 0 aliphatic heterocycles. The molecule has 0 aromatic rings. The van der Waals surface area contributed by atoms with Crippen molar-refractivity contribution in [1.82, 2.24) is 4.72 Å². The molecule has 4 nitrogen and oxygen atoms in total. The summed E-state index contributed by atoms with van der Waals surface area (Å²) < 4.78 is 24.7. The molecule has 0 bridgehead atoms. The van der Waals surface area contributed by atoms with Crippen molar-refractivity contribution < 1.29 is 13.2 Å². The summed E-state index contributed by atoms with van der Waals surface area (Å²) in [6.45, 7) is 5.25. The van der Waals surface area contributed by atoms with Gasteiger partial charge in [0, 0.05) is 5.92 Å². The monoisotopic (exact) mass is 219 g/mol. The number of amides is 1. The fourth-order valence-electron chi connectivity index (χ4n) is 0.986. The maximum atomic E-state index is 11.6. The van der Waals surface area contributed by atoms with E-state index in [1.165, 1.54) is 0 Å². The molecule has 1 rings (SSSR count). The third kappa shape index (κ3) is 2.08. The summed E-state index contributed by atoms with van der Waals surface area (Å²) in [7, 11) is -3.44. The first kappa shape index (κ1) is 11.5. The van der Waals surface area contributed by atoms with Crippen LogP contribution in [0.2, 0.25) is 0 Å². The van der Waals surface area contributed by atoms with Crippen molar-refractivity contribution in [2.45, 2.75) is 44.8 Å². The second-order valence-electron chi connectivity index (χ2n) is 4.23. The van der Waals surface area contributed by atoms with E-state index in [0.29, 0.717) is 19.3 Å². The number of rotatable bonds is 4. The summed E-state index contributed by atoms with van der Waals surface area (Å²) in [6, 6.07) is 0. The molecule has 82 valence electrons. The van der Waals surface area contributed by atoms with Gasteiger partial charge in [0.05, 0.1) is 4.75 Å². The van der Waals surface area contributed by atoms with E-state index in [0.717, 1.165) is 0 Å². The number of nitrogens with one attached hydrogen (secondary N) is 1. The van der Waals surface area contributed by atoms with Gasteiger partial charge in [-0.2, -0.15) is 0 Å². The Morgan fingerprint density at radius 2 is 2.00 bits per heavy atom. The van der Waals surface area contributed by atoms with Crippen LogP contribution in [0, 0.1) is 5.92 Å². The van der Waals surface area contributed by atoms with Gasteiger partial charge in [0.25, 0.3) is 0 Å². The highest BCUT2D eigenvalue weighted by molar-refractivity contribution is 7.91. The van der Waals surface area contributed by atoms with Crippen LogP contribution < -0.4 is 4.72 Å². The maximum Gasteiger partial charge on any atom is 0.240 e. The van der Waals surface area contributed by atoms with Crippen LogP contribution in [0.5, 0.6) is 0 Å². The predicted molar refractivity (Wildman–Crippen MR) is 54.2 cm³/mol. The van der Waals surface area contributed by atoms with Crippen molar-refractivity contribution >= 4 is 15.9 Å². The minimum Gasteiger partial charge on any atom is -0.274 e. The first-order valence-electron chi connectivity index (χ1n) is 4.88. The molecule has 1 saturated carbocycles. The standard InChI is InChI=1S/C9H17NO3S/c1-4-7(2)8(11)10-14(12,13)9(3)5-6-9/h7H,4-6H2,1-3H3,(H,10,11). The summed E-state index contributed by atoms with van der Waals surface area (Å²) in [6.07, 6.45) is 1.95. The van der Waals surface area contributed by atoms with Crippen LogP contribution in [0.25, 0.3) is 0 Å². The lowest BCUT2D eigenvalue weighted by atomic mass is 10.1. The number of sulfonamides is 1. The third-order valence-electron chi connectivity index (χ3n) is 2.90. The predicted octanol–water partition coefficient (Wildman–Crippen LogP) is 1.03.